The zero-order valence-electron chi connectivity index (χ0n) is 11.1. The molecule has 0 saturated carbocycles. The highest BCUT2D eigenvalue weighted by Gasteiger charge is 2.19. The van der Waals surface area contributed by atoms with E-state index in [1.807, 2.05) is 27.0 Å². The predicted octanol–water partition coefficient (Wildman–Crippen LogP) is 4.32. The van der Waals surface area contributed by atoms with Crippen molar-refractivity contribution in [1.82, 2.24) is 9.97 Å². The molecule has 0 radical (unpaired) electrons. The summed E-state index contributed by atoms with van der Waals surface area (Å²) in [6.45, 7) is 5.71. The van der Waals surface area contributed by atoms with E-state index in [1.54, 1.807) is 6.07 Å². The van der Waals surface area contributed by atoms with Gasteiger partial charge in [0.15, 0.2) is 11.0 Å². The van der Waals surface area contributed by atoms with Gasteiger partial charge in [0.2, 0.25) is 5.88 Å². The highest BCUT2D eigenvalue weighted by molar-refractivity contribution is 7.98. The number of fused-ring (bicyclic) bond motifs is 1. The average Bonchev–Trinajstić information content (AvgIpc) is 2.27. The van der Waals surface area contributed by atoms with E-state index >= 15 is 0 Å². The number of aromatic nitrogens is 2. The lowest BCUT2D eigenvalue weighted by Crippen LogP contribution is -2.24. The molecule has 0 saturated heterocycles. The van der Waals surface area contributed by atoms with Crippen molar-refractivity contribution in [1.29, 1.82) is 0 Å². The Bertz CT molecular complexity index is 628. The third kappa shape index (κ3) is 3.28. The van der Waals surface area contributed by atoms with E-state index in [2.05, 4.69) is 9.97 Å². The van der Waals surface area contributed by atoms with Crippen molar-refractivity contribution in [3.8, 4) is 5.88 Å². The first-order valence-corrected chi connectivity index (χ1v) is 7.30. The van der Waals surface area contributed by atoms with Crippen molar-refractivity contribution in [2.45, 2.75) is 31.5 Å². The Labute approximate surface area is 120 Å². The van der Waals surface area contributed by atoms with Gasteiger partial charge in [0, 0.05) is 5.02 Å². The number of halogens is 2. The molecule has 6 heteroatoms. The molecular weight excluding hydrogens is 287 g/mol. The summed E-state index contributed by atoms with van der Waals surface area (Å²) in [5, 5.41) is 1.25. The molecule has 0 N–H and O–H groups in total. The van der Waals surface area contributed by atoms with Gasteiger partial charge in [-0.05, 0) is 39.2 Å². The van der Waals surface area contributed by atoms with Crippen LogP contribution in [0.25, 0.3) is 10.9 Å². The van der Waals surface area contributed by atoms with E-state index in [0.717, 1.165) is 0 Å². The van der Waals surface area contributed by atoms with E-state index in [9.17, 15) is 4.39 Å². The van der Waals surface area contributed by atoms with Crippen LogP contribution in [0.15, 0.2) is 17.3 Å². The summed E-state index contributed by atoms with van der Waals surface area (Å²) >= 11 is 7.22. The van der Waals surface area contributed by atoms with E-state index in [-0.39, 0.29) is 5.52 Å². The van der Waals surface area contributed by atoms with Crippen LogP contribution in [-0.4, -0.2) is 21.8 Å². The lowest BCUT2D eigenvalue weighted by Gasteiger charge is -2.21. The van der Waals surface area contributed by atoms with Gasteiger partial charge in [0.1, 0.15) is 11.1 Å². The summed E-state index contributed by atoms with van der Waals surface area (Å²) in [7, 11) is 0. The molecule has 0 bridgehead atoms. The Kier molecular flexibility index (Phi) is 3.87. The fourth-order valence-electron chi connectivity index (χ4n) is 1.57. The highest BCUT2D eigenvalue weighted by atomic mass is 35.5. The summed E-state index contributed by atoms with van der Waals surface area (Å²) in [5.41, 5.74) is -0.210. The molecular formula is C13H14ClFN2OS. The molecule has 0 unspecified atom stereocenters. The van der Waals surface area contributed by atoms with Crippen molar-refractivity contribution in [2.75, 3.05) is 6.26 Å². The second-order valence-electron chi connectivity index (χ2n) is 5.01. The minimum atomic E-state index is -0.473. The molecule has 1 aromatic carbocycles. The topological polar surface area (TPSA) is 35.0 Å². The molecule has 3 nitrogen and oxygen atoms in total. The first kappa shape index (κ1) is 14.3. The van der Waals surface area contributed by atoms with Crippen molar-refractivity contribution in [2.24, 2.45) is 0 Å². The third-order valence-electron chi connectivity index (χ3n) is 2.25. The third-order valence-corrected chi connectivity index (χ3v) is 3.01. The number of rotatable bonds is 2. The van der Waals surface area contributed by atoms with Gasteiger partial charge in [-0.2, -0.15) is 4.98 Å². The standard InChI is InChI=1S/C13H14ClFN2OS/c1-13(2,3)18-11-8-5-7(14)6-9(15)10(8)16-12(17-11)19-4/h5-6H,1-4H3. The van der Waals surface area contributed by atoms with E-state index < -0.39 is 11.4 Å². The van der Waals surface area contributed by atoms with Crippen LogP contribution in [0.5, 0.6) is 5.88 Å². The number of thioether (sulfide) groups is 1. The minimum absolute atomic E-state index is 0.225. The zero-order valence-corrected chi connectivity index (χ0v) is 12.7. The molecule has 0 aliphatic rings. The van der Waals surface area contributed by atoms with Crippen LogP contribution in [0, 0.1) is 5.82 Å². The highest BCUT2D eigenvalue weighted by Crippen LogP contribution is 2.31. The summed E-state index contributed by atoms with van der Waals surface area (Å²) in [4.78, 5) is 8.45. The Morgan fingerprint density at radius 1 is 1.26 bits per heavy atom. The monoisotopic (exact) mass is 300 g/mol. The van der Waals surface area contributed by atoms with Crippen LogP contribution in [-0.2, 0) is 0 Å². The summed E-state index contributed by atoms with van der Waals surface area (Å²) < 4.78 is 19.7. The maximum atomic E-state index is 13.9. The van der Waals surface area contributed by atoms with Crippen LogP contribution in [0.1, 0.15) is 20.8 Å². The average molecular weight is 301 g/mol. The summed E-state index contributed by atoms with van der Waals surface area (Å²) in [5.74, 6) is -0.123. The Morgan fingerprint density at radius 2 is 1.95 bits per heavy atom. The van der Waals surface area contributed by atoms with E-state index in [1.165, 1.54) is 17.8 Å². The normalized spacial score (nSPS) is 11.9. The molecule has 0 aliphatic heterocycles. The molecule has 1 aromatic heterocycles. The van der Waals surface area contributed by atoms with E-state index in [0.29, 0.717) is 21.4 Å². The minimum Gasteiger partial charge on any atom is -0.471 e. The summed E-state index contributed by atoms with van der Waals surface area (Å²) in [6.07, 6.45) is 1.83. The van der Waals surface area contributed by atoms with Crippen molar-refractivity contribution >= 4 is 34.3 Å². The Hall–Kier alpha value is -1.07. The lowest BCUT2D eigenvalue weighted by atomic mass is 10.2. The molecule has 1 heterocycles. The van der Waals surface area contributed by atoms with E-state index in [4.69, 9.17) is 16.3 Å². The van der Waals surface area contributed by atoms with Gasteiger partial charge in [-0.3, -0.25) is 0 Å². The maximum Gasteiger partial charge on any atom is 0.226 e. The second-order valence-corrected chi connectivity index (χ2v) is 6.22. The van der Waals surface area contributed by atoms with Crippen molar-refractivity contribution in [3.05, 3.63) is 23.0 Å². The number of benzene rings is 1. The summed E-state index contributed by atoms with van der Waals surface area (Å²) in [6, 6.07) is 2.85. The van der Waals surface area contributed by atoms with Gasteiger partial charge < -0.3 is 4.74 Å². The van der Waals surface area contributed by atoms with Crippen LogP contribution in [0.2, 0.25) is 5.02 Å². The van der Waals surface area contributed by atoms with Crippen LogP contribution in [0.3, 0.4) is 0 Å². The van der Waals surface area contributed by atoms with Crippen molar-refractivity contribution in [3.63, 3.8) is 0 Å². The van der Waals surface area contributed by atoms with Crippen LogP contribution >= 0.6 is 23.4 Å². The Morgan fingerprint density at radius 3 is 2.53 bits per heavy atom. The van der Waals surface area contributed by atoms with Gasteiger partial charge >= 0.3 is 0 Å². The first-order chi connectivity index (χ1) is 8.80. The van der Waals surface area contributed by atoms with Crippen LogP contribution in [0.4, 0.5) is 4.39 Å². The number of hydrogen-bond donors (Lipinski definition) is 0. The molecule has 0 spiro atoms. The molecule has 102 valence electrons. The molecule has 19 heavy (non-hydrogen) atoms. The maximum absolute atomic E-state index is 13.9. The quantitative estimate of drug-likeness (QED) is 0.611. The van der Waals surface area contributed by atoms with Gasteiger partial charge in [-0.25, -0.2) is 9.37 Å². The molecule has 0 amide bonds. The van der Waals surface area contributed by atoms with Gasteiger partial charge in [-0.15, -0.1) is 0 Å². The first-order valence-electron chi connectivity index (χ1n) is 5.70. The lowest BCUT2D eigenvalue weighted by molar-refractivity contribution is 0.125. The smallest absolute Gasteiger partial charge is 0.226 e. The number of ether oxygens (including phenoxy) is 1. The molecule has 0 atom stereocenters. The second kappa shape index (κ2) is 5.13. The fourth-order valence-corrected chi connectivity index (χ4v) is 2.13. The Balaban J connectivity index is 2.72. The molecule has 0 aliphatic carbocycles. The van der Waals surface area contributed by atoms with Gasteiger partial charge in [-0.1, -0.05) is 23.4 Å². The molecule has 2 rings (SSSR count). The zero-order chi connectivity index (χ0) is 14.2. The molecule has 0 fully saturated rings. The largest absolute Gasteiger partial charge is 0.471 e. The number of hydrogen-bond acceptors (Lipinski definition) is 4. The van der Waals surface area contributed by atoms with Crippen LogP contribution < -0.4 is 4.74 Å². The van der Waals surface area contributed by atoms with Gasteiger partial charge in [0.05, 0.1) is 5.39 Å². The number of nitrogens with zero attached hydrogens (tertiary/aromatic N) is 2. The SMILES string of the molecule is CSc1nc(OC(C)(C)C)c2cc(Cl)cc(F)c2n1. The van der Waals surface area contributed by atoms with Crippen molar-refractivity contribution < 1.29 is 9.13 Å². The fraction of sp³-hybridized carbons (Fsp3) is 0.385. The predicted molar refractivity (Wildman–Crippen MR) is 76.7 cm³/mol. The molecule has 2 aromatic rings. The van der Waals surface area contributed by atoms with Gasteiger partial charge in [0.25, 0.3) is 0 Å².